The van der Waals surface area contributed by atoms with E-state index in [4.69, 9.17) is 0 Å². The Bertz CT molecular complexity index is 558. The zero-order valence-corrected chi connectivity index (χ0v) is 12.2. The Labute approximate surface area is 122 Å². The van der Waals surface area contributed by atoms with E-state index in [-0.39, 0.29) is 0 Å². The van der Waals surface area contributed by atoms with Crippen LogP contribution in [-0.4, -0.2) is 26.3 Å². The molecule has 1 aliphatic rings. The number of carbonyl (C=O) groups excluding carboxylic acids is 1. The van der Waals surface area contributed by atoms with Crippen LogP contribution >= 0.6 is 11.3 Å². The van der Waals surface area contributed by atoms with Crippen LogP contribution < -0.4 is 0 Å². The van der Waals surface area contributed by atoms with Crippen molar-refractivity contribution in [2.75, 3.05) is 0 Å². The zero-order valence-electron chi connectivity index (χ0n) is 11.4. The van der Waals surface area contributed by atoms with E-state index in [1.165, 1.54) is 43.4 Å². The molecule has 1 aliphatic carbocycles. The minimum atomic E-state index is 0.455. The monoisotopic (exact) mass is 290 g/mol. The molecule has 0 N–H and O–H groups in total. The highest BCUT2D eigenvalue weighted by atomic mass is 32.1. The Morgan fingerprint density at radius 1 is 1.35 bits per heavy atom. The number of hydrogen-bond acceptors (Lipinski definition) is 5. The first-order valence-corrected chi connectivity index (χ1v) is 8.06. The second-order valence-corrected chi connectivity index (χ2v) is 6.18. The van der Waals surface area contributed by atoms with E-state index in [0.717, 1.165) is 35.9 Å². The molecular weight excluding hydrogens is 272 g/mol. The Morgan fingerprint density at radius 3 is 2.90 bits per heavy atom. The SMILES string of the molecule is O=Cc1nnn(-c2nccs2)c1CCC1CCCCC1. The molecule has 1 fully saturated rings. The fraction of sp³-hybridized carbons (Fsp3) is 0.571. The summed E-state index contributed by atoms with van der Waals surface area (Å²) >= 11 is 1.51. The number of nitrogens with zero attached hydrogens (tertiary/aromatic N) is 4. The van der Waals surface area contributed by atoms with Crippen molar-refractivity contribution in [2.45, 2.75) is 44.9 Å². The van der Waals surface area contributed by atoms with E-state index in [1.54, 1.807) is 10.9 Å². The third-order valence-corrected chi connectivity index (χ3v) is 4.77. The van der Waals surface area contributed by atoms with Gasteiger partial charge < -0.3 is 0 Å². The van der Waals surface area contributed by atoms with Gasteiger partial charge in [0, 0.05) is 11.6 Å². The molecule has 0 unspecified atom stereocenters. The maximum absolute atomic E-state index is 11.1. The van der Waals surface area contributed by atoms with Crippen LogP contribution in [0.15, 0.2) is 11.6 Å². The first-order chi connectivity index (χ1) is 9.88. The van der Waals surface area contributed by atoms with Gasteiger partial charge in [0.15, 0.2) is 6.29 Å². The van der Waals surface area contributed by atoms with E-state index in [1.807, 2.05) is 5.38 Å². The van der Waals surface area contributed by atoms with Gasteiger partial charge in [0.25, 0.3) is 0 Å². The predicted octanol–water partition coefficient (Wildman–Crippen LogP) is 3.05. The average molecular weight is 290 g/mol. The molecule has 20 heavy (non-hydrogen) atoms. The van der Waals surface area contributed by atoms with E-state index in [2.05, 4.69) is 15.3 Å². The number of aldehydes is 1. The standard InChI is InChI=1S/C14H18N4OS/c19-10-12-13(7-6-11-4-2-1-3-5-11)18(17-16-12)14-15-8-9-20-14/h8-11H,1-7H2. The molecule has 6 heteroatoms. The van der Waals surface area contributed by atoms with Crippen molar-refractivity contribution in [1.29, 1.82) is 0 Å². The Morgan fingerprint density at radius 2 is 2.20 bits per heavy atom. The fourth-order valence-electron chi connectivity index (χ4n) is 2.93. The van der Waals surface area contributed by atoms with Crippen molar-refractivity contribution in [2.24, 2.45) is 5.92 Å². The summed E-state index contributed by atoms with van der Waals surface area (Å²) in [5.41, 5.74) is 1.36. The Kier molecular flexibility index (Phi) is 4.20. The Hall–Kier alpha value is -1.56. The first kappa shape index (κ1) is 13.4. The summed E-state index contributed by atoms with van der Waals surface area (Å²) in [5, 5.41) is 10.7. The molecular formula is C14H18N4OS. The van der Waals surface area contributed by atoms with E-state index >= 15 is 0 Å². The van der Waals surface area contributed by atoms with Crippen LogP contribution in [0.2, 0.25) is 0 Å². The summed E-state index contributed by atoms with van der Waals surface area (Å²) in [6.07, 6.45) is 11.2. The summed E-state index contributed by atoms with van der Waals surface area (Å²) < 4.78 is 1.72. The van der Waals surface area contributed by atoms with Crippen LogP contribution in [0, 0.1) is 5.92 Å². The average Bonchev–Trinajstić information content (AvgIpc) is 3.14. The topological polar surface area (TPSA) is 60.7 Å². The molecule has 2 aromatic rings. The number of thiazole rings is 1. The highest BCUT2D eigenvalue weighted by molar-refractivity contribution is 7.12. The van der Waals surface area contributed by atoms with Gasteiger partial charge in [0.05, 0.1) is 5.69 Å². The van der Waals surface area contributed by atoms with Crippen molar-refractivity contribution in [1.82, 2.24) is 20.0 Å². The zero-order chi connectivity index (χ0) is 13.8. The molecule has 0 saturated heterocycles. The highest BCUT2D eigenvalue weighted by Gasteiger charge is 2.18. The molecule has 3 rings (SSSR count). The molecule has 0 atom stereocenters. The van der Waals surface area contributed by atoms with Gasteiger partial charge in [-0.25, -0.2) is 4.98 Å². The first-order valence-electron chi connectivity index (χ1n) is 7.18. The van der Waals surface area contributed by atoms with Gasteiger partial charge in [-0.05, 0) is 18.8 Å². The van der Waals surface area contributed by atoms with Crippen LogP contribution in [0.5, 0.6) is 0 Å². The molecule has 0 spiro atoms. The summed E-state index contributed by atoms with van der Waals surface area (Å²) in [4.78, 5) is 15.4. The molecule has 106 valence electrons. The molecule has 1 saturated carbocycles. The highest BCUT2D eigenvalue weighted by Crippen LogP contribution is 2.28. The van der Waals surface area contributed by atoms with Gasteiger partial charge in [-0.1, -0.05) is 37.3 Å². The van der Waals surface area contributed by atoms with Gasteiger partial charge in [-0.15, -0.1) is 16.4 Å². The lowest BCUT2D eigenvalue weighted by Gasteiger charge is -2.21. The minimum Gasteiger partial charge on any atom is -0.296 e. The van der Waals surface area contributed by atoms with Crippen molar-refractivity contribution in [3.8, 4) is 5.13 Å². The van der Waals surface area contributed by atoms with Crippen LogP contribution in [0.3, 0.4) is 0 Å². The number of hydrogen-bond donors (Lipinski definition) is 0. The molecule has 0 bridgehead atoms. The summed E-state index contributed by atoms with van der Waals surface area (Å²) in [5.74, 6) is 0.780. The van der Waals surface area contributed by atoms with E-state index in [0.29, 0.717) is 5.69 Å². The molecule has 0 aromatic carbocycles. The van der Waals surface area contributed by atoms with E-state index < -0.39 is 0 Å². The maximum atomic E-state index is 11.1. The van der Waals surface area contributed by atoms with Crippen LogP contribution in [0.25, 0.3) is 5.13 Å². The predicted molar refractivity (Wildman–Crippen MR) is 77.3 cm³/mol. The quantitative estimate of drug-likeness (QED) is 0.794. The van der Waals surface area contributed by atoms with Crippen LogP contribution in [0.1, 0.15) is 54.7 Å². The van der Waals surface area contributed by atoms with Gasteiger partial charge in [-0.3, -0.25) is 4.79 Å². The molecule has 2 heterocycles. The minimum absolute atomic E-state index is 0.455. The lowest BCUT2D eigenvalue weighted by atomic mass is 9.85. The second kappa shape index (κ2) is 6.26. The lowest BCUT2D eigenvalue weighted by molar-refractivity contribution is 0.111. The number of carbonyl (C=O) groups is 1. The fourth-order valence-corrected chi connectivity index (χ4v) is 3.54. The molecule has 5 nitrogen and oxygen atoms in total. The summed E-state index contributed by atoms with van der Waals surface area (Å²) in [6, 6.07) is 0. The van der Waals surface area contributed by atoms with Gasteiger partial charge in [0.1, 0.15) is 5.69 Å². The third kappa shape index (κ3) is 2.80. The molecule has 2 aromatic heterocycles. The smallest absolute Gasteiger partial charge is 0.211 e. The summed E-state index contributed by atoms with van der Waals surface area (Å²) in [7, 11) is 0. The lowest BCUT2D eigenvalue weighted by Crippen LogP contribution is -2.10. The third-order valence-electron chi connectivity index (χ3n) is 4.02. The van der Waals surface area contributed by atoms with Crippen LogP contribution in [0.4, 0.5) is 0 Å². The molecule has 0 radical (unpaired) electrons. The molecule has 0 aliphatic heterocycles. The normalized spacial score (nSPS) is 16.4. The maximum Gasteiger partial charge on any atom is 0.211 e. The van der Waals surface area contributed by atoms with Gasteiger partial charge in [0.2, 0.25) is 5.13 Å². The van der Waals surface area contributed by atoms with Gasteiger partial charge in [-0.2, -0.15) is 4.68 Å². The Balaban J connectivity index is 1.76. The van der Waals surface area contributed by atoms with Crippen molar-refractivity contribution >= 4 is 17.6 Å². The van der Waals surface area contributed by atoms with Crippen molar-refractivity contribution in [3.05, 3.63) is 23.0 Å². The largest absolute Gasteiger partial charge is 0.296 e. The van der Waals surface area contributed by atoms with Crippen LogP contribution in [-0.2, 0) is 6.42 Å². The number of rotatable bonds is 5. The molecule has 0 amide bonds. The number of aromatic nitrogens is 4. The van der Waals surface area contributed by atoms with E-state index in [9.17, 15) is 4.79 Å². The summed E-state index contributed by atoms with van der Waals surface area (Å²) in [6.45, 7) is 0. The van der Waals surface area contributed by atoms with Crippen molar-refractivity contribution in [3.63, 3.8) is 0 Å². The second-order valence-electron chi connectivity index (χ2n) is 5.31. The van der Waals surface area contributed by atoms with Gasteiger partial charge >= 0.3 is 0 Å². The van der Waals surface area contributed by atoms with Crippen molar-refractivity contribution < 1.29 is 4.79 Å².